The Morgan fingerprint density at radius 1 is 1.08 bits per heavy atom. The lowest BCUT2D eigenvalue weighted by atomic mass is 9.88. The Morgan fingerprint density at radius 2 is 1.76 bits per heavy atom. The van der Waals surface area contributed by atoms with Crippen LogP contribution in [0.2, 0.25) is 0 Å². The molecule has 2 heterocycles. The van der Waals surface area contributed by atoms with Gasteiger partial charge in [0.15, 0.2) is 0 Å². The largest absolute Gasteiger partial charge is 0.497 e. The van der Waals surface area contributed by atoms with Crippen LogP contribution < -0.4 is 14.4 Å². The zero-order valence-corrected chi connectivity index (χ0v) is 23.5. The van der Waals surface area contributed by atoms with E-state index in [4.69, 9.17) is 21.7 Å². The number of carbonyl (C=O) groups excluding carboxylic acids is 2. The smallest absolute Gasteiger partial charge is 0.308 e. The van der Waals surface area contributed by atoms with Crippen molar-refractivity contribution in [2.45, 2.75) is 25.4 Å². The molecule has 38 heavy (non-hydrogen) atoms. The highest BCUT2D eigenvalue weighted by molar-refractivity contribution is 9.10. The van der Waals surface area contributed by atoms with E-state index in [0.29, 0.717) is 17.9 Å². The van der Waals surface area contributed by atoms with E-state index in [1.807, 2.05) is 43.4 Å². The molecule has 0 saturated carbocycles. The summed E-state index contributed by atoms with van der Waals surface area (Å²) in [4.78, 5) is 32.6. The Balaban J connectivity index is 1.56. The number of nitrogens with zero attached hydrogens (tertiary/aromatic N) is 2. The van der Waals surface area contributed by atoms with Crippen LogP contribution in [0, 0.1) is 0 Å². The van der Waals surface area contributed by atoms with Crippen LogP contribution in [-0.2, 0) is 16.0 Å². The van der Waals surface area contributed by atoms with Gasteiger partial charge in [-0.2, -0.15) is 0 Å². The maximum Gasteiger partial charge on any atom is 0.308 e. The van der Waals surface area contributed by atoms with Crippen LogP contribution in [0.5, 0.6) is 11.5 Å². The fraction of sp³-hybridized carbons (Fsp3) is 0.207. The number of ether oxygens (including phenoxy) is 2. The summed E-state index contributed by atoms with van der Waals surface area (Å²) in [5.41, 5.74) is 6.19. The van der Waals surface area contributed by atoms with Crippen molar-refractivity contribution in [2.24, 2.45) is 0 Å². The molecule has 1 aliphatic heterocycles. The molecule has 2 atom stereocenters. The molecule has 1 N–H and O–H groups in total. The number of anilines is 1. The second kappa shape index (κ2) is 10.7. The Hall–Kier alpha value is -3.53. The van der Waals surface area contributed by atoms with Crippen LogP contribution in [-0.4, -0.2) is 47.5 Å². The molecule has 194 valence electrons. The van der Waals surface area contributed by atoms with Crippen LogP contribution in [0.25, 0.3) is 10.9 Å². The first-order valence-corrected chi connectivity index (χ1v) is 13.3. The zero-order valence-electron chi connectivity index (χ0n) is 21.1. The minimum atomic E-state index is -0.486. The number of esters is 1. The lowest BCUT2D eigenvalue weighted by Gasteiger charge is -2.40. The number of nitrogens with one attached hydrogen (secondary N) is 1. The summed E-state index contributed by atoms with van der Waals surface area (Å²) >= 11 is 8.90. The van der Waals surface area contributed by atoms with Gasteiger partial charge in [0, 0.05) is 33.7 Å². The predicted octanol–water partition coefficient (Wildman–Crippen LogP) is 5.80. The molecule has 0 bridgehead atoms. The Labute approximate surface area is 234 Å². The number of amides is 1. The minimum absolute atomic E-state index is 0.142. The maximum atomic E-state index is 14.1. The van der Waals surface area contributed by atoms with Crippen LogP contribution in [0.1, 0.15) is 29.8 Å². The van der Waals surface area contributed by atoms with Gasteiger partial charge in [0.1, 0.15) is 11.5 Å². The number of methoxy groups -OCH3 is 1. The number of hydrogen-bond acceptors (Lipinski definition) is 6. The summed E-state index contributed by atoms with van der Waals surface area (Å²) in [5.74, 6) is 0.623. The molecule has 7 nitrogen and oxygen atoms in total. The number of aromatic amines is 1. The molecule has 1 amide bonds. The third-order valence-electron chi connectivity index (χ3n) is 6.91. The number of carbonyl (C=O) groups is 2. The molecule has 0 radical (unpaired) electrons. The van der Waals surface area contributed by atoms with Crippen LogP contribution in [0.4, 0.5) is 5.69 Å². The highest BCUT2D eigenvalue weighted by Gasteiger charge is 2.40. The van der Waals surface area contributed by atoms with Gasteiger partial charge in [-0.3, -0.25) is 19.4 Å². The van der Waals surface area contributed by atoms with E-state index in [1.165, 1.54) is 17.3 Å². The predicted molar refractivity (Wildman–Crippen MR) is 155 cm³/mol. The minimum Gasteiger partial charge on any atom is -0.497 e. The molecular formula is C29H26BrN3O4S. The summed E-state index contributed by atoms with van der Waals surface area (Å²) in [7, 11) is 3.61. The first-order chi connectivity index (χ1) is 18.3. The standard InChI is InChI=1S/C29H26BrN3O4S/c1-17(34)37-22-11-7-20(8-12-22)33(16-38)29(35)26-15-24-23-14-19(30)6-13-25(23)31-27(24)28(32(26)2)18-4-9-21(36-3)10-5-18/h4-14,16,26,28,31H,15H2,1-3H3. The molecule has 2 unspecified atom stereocenters. The molecule has 3 aromatic carbocycles. The van der Waals surface area contributed by atoms with Crippen molar-refractivity contribution in [3.8, 4) is 11.5 Å². The third kappa shape index (κ3) is 4.84. The number of H-pyrrole nitrogens is 1. The van der Waals surface area contributed by atoms with Crippen LogP contribution in [0.15, 0.2) is 71.2 Å². The lowest BCUT2D eigenvalue weighted by molar-refractivity contribution is -0.132. The fourth-order valence-electron chi connectivity index (χ4n) is 5.11. The van der Waals surface area contributed by atoms with Gasteiger partial charge in [0.05, 0.1) is 24.7 Å². The molecule has 0 saturated heterocycles. The maximum absolute atomic E-state index is 14.1. The van der Waals surface area contributed by atoms with E-state index in [9.17, 15) is 9.59 Å². The van der Waals surface area contributed by atoms with E-state index in [1.54, 1.807) is 31.4 Å². The van der Waals surface area contributed by atoms with Gasteiger partial charge < -0.3 is 14.5 Å². The highest BCUT2D eigenvalue weighted by atomic mass is 79.9. The SMILES string of the molecule is COc1ccc(C2c3[nH]c4ccc(Br)cc4c3CC(C(=O)N(C=S)c3ccc(OC(C)=O)cc3)N2C)cc1. The Morgan fingerprint density at radius 3 is 2.39 bits per heavy atom. The van der Waals surface area contributed by atoms with Crippen LogP contribution >= 0.6 is 28.1 Å². The Bertz CT molecular complexity index is 1520. The summed E-state index contributed by atoms with van der Waals surface area (Å²) in [6, 6.07) is 20.1. The van der Waals surface area contributed by atoms with Crippen molar-refractivity contribution in [2.75, 3.05) is 19.1 Å². The van der Waals surface area contributed by atoms with E-state index < -0.39 is 12.0 Å². The molecule has 1 aliphatic rings. The van der Waals surface area contributed by atoms with E-state index in [-0.39, 0.29) is 11.9 Å². The highest BCUT2D eigenvalue weighted by Crippen LogP contribution is 2.41. The van der Waals surface area contributed by atoms with Crippen molar-refractivity contribution in [1.29, 1.82) is 0 Å². The van der Waals surface area contributed by atoms with Crippen molar-refractivity contribution in [3.63, 3.8) is 0 Å². The first-order valence-electron chi connectivity index (χ1n) is 12.0. The summed E-state index contributed by atoms with van der Waals surface area (Å²) in [6.07, 6.45) is 0.513. The van der Waals surface area contributed by atoms with Crippen molar-refractivity contribution >= 4 is 62.1 Å². The number of thiocarbonyl (C=S) groups is 1. The van der Waals surface area contributed by atoms with Crippen molar-refractivity contribution in [1.82, 2.24) is 9.88 Å². The number of rotatable bonds is 6. The first kappa shape index (κ1) is 26.1. The van der Waals surface area contributed by atoms with Crippen LogP contribution in [0.3, 0.4) is 0 Å². The Kier molecular flexibility index (Phi) is 7.34. The molecule has 1 aromatic heterocycles. The van der Waals surface area contributed by atoms with E-state index >= 15 is 0 Å². The van der Waals surface area contributed by atoms with Crippen molar-refractivity contribution < 1.29 is 19.1 Å². The molecule has 9 heteroatoms. The normalized spacial score (nSPS) is 17.1. The van der Waals surface area contributed by atoms with Gasteiger partial charge in [-0.15, -0.1) is 0 Å². The van der Waals surface area contributed by atoms with E-state index in [2.05, 4.69) is 31.9 Å². The summed E-state index contributed by atoms with van der Waals surface area (Å²) in [5, 5.41) is 1.08. The monoisotopic (exact) mass is 591 g/mol. The van der Waals surface area contributed by atoms with Gasteiger partial charge >= 0.3 is 5.97 Å². The molecule has 5 rings (SSSR count). The van der Waals surface area contributed by atoms with Gasteiger partial charge in [0.2, 0.25) is 5.91 Å². The van der Waals surface area contributed by atoms with E-state index in [0.717, 1.165) is 37.9 Å². The van der Waals surface area contributed by atoms with Crippen molar-refractivity contribution in [3.05, 3.63) is 88.0 Å². The summed E-state index contributed by atoms with van der Waals surface area (Å²) in [6.45, 7) is 1.34. The fourth-order valence-corrected chi connectivity index (χ4v) is 5.69. The molecule has 0 aliphatic carbocycles. The molecule has 0 spiro atoms. The number of fused-ring (bicyclic) bond motifs is 3. The number of benzene rings is 3. The van der Waals surface area contributed by atoms with Gasteiger partial charge in [-0.1, -0.05) is 40.3 Å². The molecule has 4 aromatic rings. The average Bonchev–Trinajstić information content (AvgIpc) is 3.26. The van der Waals surface area contributed by atoms with Gasteiger partial charge in [0.25, 0.3) is 0 Å². The molecular weight excluding hydrogens is 566 g/mol. The summed E-state index contributed by atoms with van der Waals surface area (Å²) < 4.78 is 11.5. The lowest BCUT2D eigenvalue weighted by Crippen LogP contribution is -2.51. The number of likely N-dealkylation sites (N-methyl/N-ethyl adjacent to an activating group) is 1. The number of hydrogen-bond donors (Lipinski definition) is 1. The topological polar surface area (TPSA) is 74.9 Å². The number of halogens is 1. The third-order valence-corrected chi connectivity index (χ3v) is 7.61. The molecule has 0 fully saturated rings. The van der Waals surface area contributed by atoms with Gasteiger partial charge in [-0.25, -0.2) is 0 Å². The average molecular weight is 593 g/mol. The quantitative estimate of drug-likeness (QED) is 0.173. The second-order valence-electron chi connectivity index (χ2n) is 9.17. The second-order valence-corrected chi connectivity index (χ2v) is 10.3. The van der Waals surface area contributed by atoms with Gasteiger partial charge in [-0.05, 0) is 79.2 Å². The number of aromatic nitrogens is 1. The zero-order chi connectivity index (χ0) is 27.0.